The quantitative estimate of drug-likeness (QED) is 0.340. The third-order valence-electron chi connectivity index (χ3n) is 6.04. The van der Waals surface area contributed by atoms with Crippen LogP contribution in [0.3, 0.4) is 0 Å². The summed E-state index contributed by atoms with van der Waals surface area (Å²) in [5.74, 6) is 0.411. The summed E-state index contributed by atoms with van der Waals surface area (Å²) in [7, 11) is 1.55. The number of ether oxygens (including phenoxy) is 2. The van der Waals surface area contributed by atoms with Gasteiger partial charge in [0, 0.05) is 37.2 Å². The second kappa shape index (κ2) is 14.3. The van der Waals surface area contributed by atoms with Gasteiger partial charge in [-0.3, -0.25) is 24.3 Å². The molecule has 0 saturated carbocycles. The number of hydrogen-bond donors (Lipinski definition) is 4. The van der Waals surface area contributed by atoms with Crippen molar-refractivity contribution in [2.75, 3.05) is 33.4 Å². The smallest absolute Gasteiger partial charge is 0.290 e. The molecule has 0 unspecified atom stereocenters. The van der Waals surface area contributed by atoms with Crippen molar-refractivity contribution < 1.29 is 33.8 Å². The zero-order valence-electron chi connectivity index (χ0n) is 22.5. The van der Waals surface area contributed by atoms with Gasteiger partial charge in [0.15, 0.2) is 11.5 Å². The summed E-state index contributed by atoms with van der Waals surface area (Å²) in [6, 6.07) is 4.72. The van der Waals surface area contributed by atoms with Crippen LogP contribution in [0, 0.1) is 5.92 Å². The van der Waals surface area contributed by atoms with Gasteiger partial charge >= 0.3 is 0 Å². The van der Waals surface area contributed by atoms with Gasteiger partial charge in [0.25, 0.3) is 12.4 Å². The zero-order chi connectivity index (χ0) is 29.1. The summed E-state index contributed by atoms with van der Waals surface area (Å²) in [6.07, 6.45) is 6.38. The number of carbonyl (C=O) groups excluding carboxylic acids is 3. The van der Waals surface area contributed by atoms with Crippen LogP contribution in [-0.4, -0.2) is 93.3 Å². The first-order valence-corrected chi connectivity index (χ1v) is 12.5. The fraction of sp³-hybridized carbons (Fsp3) is 0.385. The molecule has 4 N–H and O–H groups in total. The van der Waals surface area contributed by atoms with Crippen molar-refractivity contribution in [3.8, 4) is 22.9 Å². The number of aromatic amines is 1. The van der Waals surface area contributed by atoms with E-state index in [9.17, 15) is 14.4 Å². The highest BCUT2D eigenvalue weighted by Crippen LogP contribution is 2.32. The van der Waals surface area contributed by atoms with Crippen LogP contribution in [0.5, 0.6) is 11.5 Å². The number of methoxy groups -OCH3 is 1. The van der Waals surface area contributed by atoms with Crippen LogP contribution < -0.4 is 20.1 Å². The number of hydrogen-bond acceptors (Lipinski definition) is 8. The van der Waals surface area contributed by atoms with Gasteiger partial charge in [-0.2, -0.15) is 5.10 Å². The highest BCUT2D eigenvalue weighted by Gasteiger charge is 2.27. The largest absolute Gasteiger partial charge is 0.493 e. The Bertz CT molecular complexity index is 1290. The molecule has 0 spiro atoms. The number of benzene rings is 1. The Morgan fingerprint density at radius 1 is 1.27 bits per heavy atom. The van der Waals surface area contributed by atoms with Crippen molar-refractivity contribution in [1.29, 1.82) is 0 Å². The summed E-state index contributed by atoms with van der Waals surface area (Å²) in [5, 5.41) is 19.0. The molecule has 40 heavy (non-hydrogen) atoms. The van der Waals surface area contributed by atoms with E-state index in [1.54, 1.807) is 19.4 Å². The van der Waals surface area contributed by atoms with Crippen molar-refractivity contribution >= 4 is 24.2 Å². The molecule has 3 heterocycles. The summed E-state index contributed by atoms with van der Waals surface area (Å²) in [5.41, 5.74) is 1.11. The molecule has 1 atom stereocenters. The second-order valence-corrected chi connectivity index (χ2v) is 9.06. The molecule has 214 valence electrons. The lowest BCUT2D eigenvalue weighted by Crippen LogP contribution is -2.53. The Hall–Kier alpha value is -4.88. The molecule has 3 amide bonds. The Morgan fingerprint density at radius 2 is 2.05 bits per heavy atom. The predicted molar refractivity (Wildman–Crippen MR) is 143 cm³/mol. The van der Waals surface area contributed by atoms with E-state index in [1.807, 2.05) is 36.7 Å². The first-order chi connectivity index (χ1) is 19.3. The molecule has 0 radical (unpaired) electrons. The third-order valence-corrected chi connectivity index (χ3v) is 6.04. The Morgan fingerprint density at radius 3 is 2.73 bits per heavy atom. The van der Waals surface area contributed by atoms with Gasteiger partial charge in [-0.05, 0) is 24.1 Å². The first kappa shape index (κ1) is 29.7. The molecule has 0 fully saturated rings. The van der Waals surface area contributed by atoms with Crippen LogP contribution in [0.1, 0.15) is 24.2 Å². The summed E-state index contributed by atoms with van der Waals surface area (Å²) < 4.78 is 13.4. The summed E-state index contributed by atoms with van der Waals surface area (Å²) in [6.45, 7) is 4.22. The van der Waals surface area contributed by atoms with E-state index in [0.29, 0.717) is 36.0 Å². The molecular formula is C26H33N7O7. The molecule has 1 aliphatic rings. The molecule has 2 bridgehead atoms. The minimum absolute atomic E-state index is 0.0964. The fourth-order valence-corrected chi connectivity index (χ4v) is 4.08. The SMILES string of the molecule is COc1ccc2cc1OCCN(C(=O)c1cn[nH]c1)CC(=O)N[C@H](C(C)C)C(=O)NCCn1ccnc1-2.O=CO. The van der Waals surface area contributed by atoms with Gasteiger partial charge in [-0.1, -0.05) is 13.8 Å². The zero-order valence-corrected chi connectivity index (χ0v) is 22.5. The lowest BCUT2D eigenvalue weighted by atomic mass is 10.0. The number of imidazole rings is 1. The van der Waals surface area contributed by atoms with Crippen LogP contribution in [0.15, 0.2) is 43.0 Å². The minimum atomic E-state index is -0.758. The molecule has 3 aromatic rings. The Labute approximate surface area is 230 Å². The van der Waals surface area contributed by atoms with Crippen molar-refractivity contribution in [2.45, 2.75) is 26.4 Å². The predicted octanol–water partition coefficient (Wildman–Crippen LogP) is 0.774. The van der Waals surface area contributed by atoms with Crippen molar-refractivity contribution in [3.63, 3.8) is 0 Å². The first-order valence-electron chi connectivity index (χ1n) is 12.5. The number of aromatic nitrogens is 4. The van der Waals surface area contributed by atoms with E-state index in [0.717, 1.165) is 5.56 Å². The van der Waals surface area contributed by atoms with Crippen LogP contribution in [0.25, 0.3) is 11.4 Å². The van der Waals surface area contributed by atoms with Crippen molar-refractivity contribution in [1.82, 2.24) is 35.3 Å². The molecule has 2 aromatic heterocycles. The lowest BCUT2D eigenvalue weighted by Gasteiger charge is -2.25. The Kier molecular flexibility index (Phi) is 10.6. The number of nitrogens with one attached hydrogen (secondary N) is 3. The van der Waals surface area contributed by atoms with Crippen LogP contribution >= 0.6 is 0 Å². The van der Waals surface area contributed by atoms with Crippen LogP contribution in [0.4, 0.5) is 0 Å². The number of carbonyl (C=O) groups is 4. The van der Waals surface area contributed by atoms with Gasteiger partial charge in [0.2, 0.25) is 11.8 Å². The van der Waals surface area contributed by atoms with E-state index >= 15 is 0 Å². The topological polar surface area (TPSA) is 181 Å². The van der Waals surface area contributed by atoms with E-state index < -0.39 is 17.9 Å². The molecular weight excluding hydrogens is 522 g/mol. The van der Waals surface area contributed by atoms with Gasteiger partial charge in [0.1, 0.15) is 18.5 Å². The number of amides is 3. The van der Waals surface area contributed by atoms with Crippen molar-refractivity contribution in [2.24, 2.45) is 5.92 Å². The van der Waals surface area contributed by atoms with E-state index in [4.69, 9.17) is 19.4 Å². The average Bonchev–Trinajstić information content (AvgIpc) is 3.63. The highest BCUT2D eigenvalue weighted by atomic mass is 16.5. The molecule has 1 aromatic carbocycles. The maximum Gasteiger partial charge on any atom is 0.290 e. The normalized spacial score (nSPS) is 16.3. The molecule has 14 heteroatoms. The van der Waals surface area contributed by atoms with Crippen LogP contribution in [0.2, 0.25) is 0 Å². The maximum atomic E-state index is 13.1. The lowest BCUT2D eigenvalue weighted by molar-refractivity contribution is -0.130. The van der Waals surface area contributed by atoms with E-state index in [2.05, 4.69) is 25.8 Å². The second-order valence-electron chi connectivity index (χ2n) is 9.06. The number of nitrogens with zero attached hydrogens (tertiary/aromatic N) is 4. The van der Waals surface area contributed by atoms with Crippen LogP contribution in [-0.2, 0) is 20.9 Å². The minimum Gasteiger partial charge on any atom is -0.493 e. The summed E-state index contributed by atoms with van der Waals surface area (Å²) >= 11 is 0. The third kappa shape index (κ3) is 7.58. The van der Waals surface area contributed by atoms with E-state index in [-0.39, 0.29) is 38.0 Å². The van der Waals surface area contributed by atoms with E-state index in [1.165, 1.54) is 17.3 Å². The number of H-pyrrole nitrogens is 1. The molecule has 0 aliphatic carbocycles. The van der Waals surface area contributed by atoms with Gasteiger partial charge in [0.05, 0.1) is 32.0 Å². The fourth-order valence-electron chi connectivity index (χ4n) is 4.08. The van der Waals surface area contributed by atoms with Gasteiger partial charge in [-0.25, -0.2) is 4.98 Å². The molecule has 4 rings (SSSR count). The van der Waals surface area contributed by atoms with Gasteiger partial charge in [-0.15, -0.1) is 0 Å². The number of fused-ring (bicyclic) bond motifs is 4. The average molecular weight is 556 g/mol. The Balaban J connectivity index is 0.00000141. The molecule has 0 saturated heterocycles. The highest BCUT2D eigenvalue weighted by molar-refractivity contribution is 5.96. The molecule has 1 aliphatic heterocycles. The van der Waals surface area contributed by atoms with Crippen molar-refractivity contribution in [3.05, 3.63) is 48.5 Å². The maximum absolute atomic E-state index is 13.1. The number of carboxylic acid groups (broad SMARTS) is 1. The van der Waals surface area contributed by atoms with Gasteiger partial charge < -0.3 is 34.7 Å². The monoisotopic (exact) mass is 555 g/mol. The molecule has 14 nitrogen and oxygen atoms in total. The number of rotatable bonds is 3. The standard InChI is InChI=1S/C25H31N7O5.CH2O2/c1-16(2)22-24(34)27-7-9-31-8-6-26-23(31)17-4-5-19(36-3)20(12-17)37-11-10-32(15-21(33)30-22)25(35)18-13-28-29-14-18;2-1-3/h4-6,8,12-14,16,22H,7,9-11,15H2,1-3H3,(H,27,34)(H,28,29)(H,30,33);1H,(H,2,3)/t22-;/m1./s1. The summed E-state index contributed by atoms with van der Waals surface area (Å²) in [4.78, 5) is 53.2.